The number of anilines is 1. The van der Waals surface area contributed by atoms with Gasteiger partial charge in [0.15, 0.2) is 0 Å². The van der Waals surface area contributed by atoms with E-state index in [0.717, 1.165) is 57.2 Å². The summed E-state index contributed by atoms with van der Waals surface area (Å²) in [6.45, 7) is 1.14. The summed E-state index contributed by atoms with van der Waals surface area (Å²) in [6, 6.07) is 10.1. The lowest BCUT2D eigenvalue weighted by atomic mass is 10.2. The Morgan fingerprint density at radius 2 is 1.84 bits per heavy atom. The van der Waals surface area contributed by atoms with Crippen LogP contribution in [0.1, 0.15) is 19.3 Å². The lowest BCUT2D eigenvalue weighted by Crippen LogP contribution is -2.09. The van der Waals surface area contributed by atoms with Crippen molar-refractivity contribution in [3.63, 3.8) is 0 Å². The quantitative estimate of drug-likeness (QED) is 0.308. The maximum absolute atomic E-state index is 9.82. The summed E-state index contributed by atoms with van der Waals surface area (Å²) >= 11 is 1.64. The molecule has 2 heterocycles. The summed E-state index contributed by atoms with van der Waals surface area (Å²) in [7, 11) is 3.95. The molecule has 6 nitrogen and oxygen atoms in total. The number of hydrogen-bond acceptors (Lipinski definition) is 7. The molecular formula is C25H27N3O3S. The smallest absolute Gasteiger partial charge is 0.284 e. The van der Waals surface area contributed by atoms with E-state index < -0.39 is 0 Å². The third kappa shape index (κ3) is 5.48. The lowest BCUT2D eigenvalue weighted by Gasteiger charge is -2.10. The highest BCUT2D eigenvalue weighted by molar-refractivity contribution is 7.21. The fraction of sp³-hybridized carbons (Fsp3) is 0.280. The molecular weight excluding hydrogens is 422 g/mol. The van der Waals surface area contributed by atoms with Crippen LogP contribution in [0, 0.1) is 0 Å². The largest absolute Gasteiger partial charge is 0.494 e. The molecule has 0 fully saturated rings. The van der Waals surface area contributed by atoms with Gasteiger partial charge in [-0.05, 0) is 61.7 Å². The van der Waals surface area contributed by atoms with Gasteiger partial charge < -0.3 is 19.5 Å². The van der Waals surface area contributed by atoms with Crippen LogP contribution in [-0.2, 0) is 4.74 Å². The number of fused-ring (bicyclic) bond motifs is 1. The molecule has 2 aromatic heterocycles. The predicted molar refractivity (Wildman–Crippen MR) is 130 cm³/mol. The zero-order valence-electron chi connectivity index (χ0n) is 18.3. The van der Waals surface area contributed by atoms with Gasteiger partial charge in [-0.25, -0.2) is 9.97 Å². The summed E-state index contributed by atoms with van der Waals surface area (Å²) in [5, 5.41) is 10.8. The Balaban J connectivity index is 1.24. The molecule has 0 saturated carbocycles. The fourth-order valence-corrected chi connectivity index (χ4v) is 4.22. The van der Waals surface area contributed by atoms with E-state index in [4.69, 9.17) is 14.5 Å². The zero-order valence-corrected chi connectivity index (χ0v) is 19.1. The Hall–Kier alpha value is -3.32. The van der Waals surface area contributed by atoms with Crippen molar-refractivity contribution in [1.82, 2.24) is 9.97 Å². The molecule has 0 atom stereocenters. The zero-order chi connectivity index (χ0) is 22.3. The predicted octanol–water partition coefficient (Wildman–Crippen LogP) is 5.89. The van der Waals surface area contributed by atoms with Gasteiger partial charge in [-0.2, -0.15) is 0 Å². The van der Waals surface area contributed by atoms with Gasteiger partial charge in [0.1, 0.15) is 16.6 Å². The maximum Gasteiger partial charge on any atom is 0.284 e. The number of pyridine rings is 1. The first-order valence-corrected chi connectivity index (χ1v) is 11.5. The van der Waals surface area contributed by atoms with Crippen molar-refractivity contribution in [1.29, 1.82) is 0 Å². The van der Waals surface area contributed by atoms with E-state index in [1.54, 1.807) is 11.3 Å². The molecule has 0 spiro atoms. The van der Waals surface area contributed by atoms with E-state index >= 15 is 0 Å². The van der Waals surface area contributed by atoms with Crippen molar-refractivity contribution >= 4 is 27.4 Å². The normalized spacial score (nSPS) is 12.5. The number of allylic oxidation sites excluding steroid dienone is 5. The van der Waals surface area contributed by atoms with Crippen LogP contribution >= 0.6 is 11.3 Å². The van der Waals surface area contributed by atoms with Crippen LogP contribution < -0.4 is 9.64 Å². The van der Waals surface area contributed by atoms with E-state index in [1.807, 2.05) is 73.8 Å². The number of ether oxygens (including phenoxy) is 2. The van der Waals surface area contributed by atoms with Gasteiger partial charge >= 0.3 is 0 Å². The fourth-order valence-electron chi connectivity index (χ4n) is 3.23. The van der Waals surface area contributed by atoms with Crippen LogP contribution in [0.15, 0.2) is 72.4 Å². The van der Waals surface area contributed by atoms with E-state index in [1.165, 1.54) is 0 Å². The molecule has 3 aromatic rings. The molecule has 1 aliphatic rings. The minimum atomic E-state index is -0.00657. The van der Waals surface area contributed by atoms with Crippen LogP contribution in [0.2, 0.25) is 0 Å². The first kappa shape index (κ1) is 21.9. The summed E-state index contributed by atoms with van der Waals surface area (Å²) in [6.07, 6.45) is 12.0. The molecule has 0 radical (unpaired) electrons. The topological polar surface area (TPSA) is 67.7 Å². The monoisotopic (exact) mass is 449 g/mol. The number of nitrogens with zero attached hydrogens (tertiary/aromatic N) is 3. The molecule has 1 aliphatic carbocycles. The second-order valence-corrected chi connectivity index (χ2v) is 8.72. The van der Waals surface area contributed by atoms with E-state index in [2.05, 4.69) is 11.1 Å². The average Bonchev–Trinajstić information content (AvgIpc) is 3.48. The number of benzene rings is 1. The third-order valence-corrected chi connectivity index (χ3v) is 6.09. The number of hydrogen-bond donors (Lipinski definition) is 1. The van der Waals surface area contributed by atoms with Crippen molar-refractivity contribution in [3.8, 4) is 16.3 Å². The standard InChI is InChI=1S/C25H27N3O3S/c1-28(2)23-13-10-19(17-26-23)24-27-21-12-11-20(16-22(21)32-24)30-14-6-3-7-15-31-25(29)18-8-4-5-9-18/h4-5,8-13,16-17,29H,3,6-7,14-15H2,1-2H3. The van der Waals surface area contributed by atoms with Gasteiger partial charge in [-0.1, -0.05) is 12.2 Å². The molecule has 1 aromatic carbocycles. The Labute approximate surface area is 192 Å². The first-order valence-electron chi connectivity index (χ1n) is 10.7. The highest BCUT2D eigenvalue weighted by Crippen LogP contribution is 2.32. The lowest BCUT2D eigenvalue weighted by molar-refractivity contribution is 0.0880. The van der Waals surface area contributed by atoms with Gasteiger partial charge in [0.25, 0.3) is 5.95 Å². The number of rotatable bonds is 10. The third-order valence-electron chi connectivity index (χ3n) is 5.02. The number of unbranched alkanes of at least 4 members (excludes halogenated alkanes) is 2. The maximum atomic E-state index is 9.82. The molecule has 0 amide bonds. The van der Waals surface area contributed by atoms with E-state index in [-0.39, 0.29) is 5.95 Å². The van der Waals surface area contributed by atoms with Crippen molar-refractivity contribution in [2.45, 2.75) is 19.3 Å². The van der Waals surface area contributed by atoms with Gasteiger partial charge in [0, 0.05) is 25.9 Å². The minimum Gasteiger partial charge on any atom is -0.494 e. The molecule has 1 N–H and O–H groups in total. The van der Waals surface area contributed by atoms with Crippen molar-refractivity contribution < 1.29 is 14.6 Å². The number of aromatic nitrogens is 2. The minimum absolute atomic E-state index is 0.00657. The molecule has 0 unspecified atom stereocenters. The number of aliphatic hydroxyl groups is 1. The highest BCUT2D eigenvalue weighted by atomic mass is 32.1. The number of aliphatic hydroxyl groups excluding tert-OH is 1. The Morgan fingerprint density at radius 1 is 1.03 bits per heavy atom. The van der Waals surface area contributed by atoms with Crippen molar-refractivity contribution in [2.24, 2.45) is 0 Å². The molecule has 32 heavy (non-hydrogen) atoms. The Bertz CT molecular complexity index is 1130. The van der Waals surface area contributed by atoms with Crippen molar-refractivity contribution in [3.05, 3.63) is 72.4 Å². The van der Waals surface area contributed by atoms with Crippen LogP contribution in [-0.4, -0.2) is 42.4 Å². The van der Waals surface area contributed by atoms with Crippen LogP contribution in [0.4, 0.5) is 5.82 Å². The second kappa shape index (κ2) is 10.3. The van der Waals surface area contributed by atoms with E-state index in [9.17, 15) is 5.11 Å². The van der Waals surface area contributed by atoms with Gasteiger partial charge in [0.2, 0.25) is 0 Å². The molecule has 4 rings (SSSR count). The van der Waals surface area contributed by atoms with Gasteiger partial charge in [0.05, 0.1) is 29.0 Å². The van der Waals surface area contributed by atoms with Gasteiger partial charge in [-0.3, -0.25) is 0 Å². The van der Waals surface area contributed by atoms with Crippen molar-refractivity contribution in [2.75, 3.05) is 32.2 Å². The molecule has 0 saturated heterocycles. The molecule has 0 aliphatic heterocycles. The Morgan fingerprint density at radius 3 is 2.59 bits per heavy atom. The summed E-state index contributed by atoms with van der Waals surface area (Å²) in [5.41, 5.74) is 2.70. The summed E-state index contributed by atoms with van der Waals surface area (Å²) in [4.78, 5) is 11.2. The summed E-state index contributed by atoms with van der Waals surface area (Å²) in [5.74, 6) is 1.77. The van der Waals surface area contributed by atoms with Gasteiger partial charge in [-0.15, -0.1) is 11.3 Å². The number of thiazole rings is 1. The average molecular weight is 450 g/mol. The molecule has 166 valence electrons. The second-order valence-electron chi connectivity index (χ2n) is 7.68. The first-order chi connectivity index (χ1) is 15.6. The SMILES string of the molecule is CN(C)c1ccc(-c2nc3ccc(OCCCCCOC(O)=C4C=CC=C4)cc3s2)cn1. The molecule has 0 bridgehead atoms. The van der Waals surface area contributed by atoms with Crippen LogP contribution in [0.25, 0.3) is 20.8 Å². The highest BCUT2D eigenvalue weighted by Gasteiger charge is 2.09. The molecule has 7 heteroatoms. The van der Waals surface area contributed by atoms with E-state index in [0.29, 0.717) is 13.2 Å². The van der Waals surface area contributed by atoms with Crippen LogP contribution in [0.5, 0.6) is 5.75 Å². The Kier molecular flexibility index (Phi) is 7.07. The summed E-state index contributed by atoms with van der Waals surface area (Å²) < 4.78 is 12.4. The van der Waals surface area contributed by atoms with Crippen LogP contribution in [0.3, 0.4) is 0 Å².